The maximum absolute atomic E-state index is 11.7. The minimum Gasteiger partial charge on any atom is -0.465 e. The van der Waals surface area contributed by atoms with E-state index in [0.717, 1.165) is 12.8 Å². The minimum atomic E-state index is -0.432. The lowest BCUT2D eigenvalue weighted by molar-refractivity contribution is -0.124. The maximum Gasteiger partial charge on any atom is 0.341 e. The van der Waals surface area contributed by atoms with Gasteiger partial charge in [0, 0.05) is 5.92 Å². The molecule has 0 saturated carbocycles. The first-order chi connectivity index (χ1) is 8.99. The summed E-state index contributed by atoms with van der Waals surface area (Å²) in [6, 6.07) is 1.60. The number of rotatable bonds is 6. The number of nitrogens with one attached hydrogen (secondary N) is 1. The van der Waals surface area contributed by atoms with Gasteiger partial charge in [0.1, 0.15) is 17.1 Å². The Balaban J connectivity index is 2.59. The van der Waals surface area contributed by atoms with Gasteiger partial charge in [0.05, 0.1) is 13.7 Å². The summed E-state index contributed by atoms with van der Waals surface area (Å²) in [6.45, 7) is 5.91. The second-order valence-electron chi connectivity index (χ2n) is 4.58. The lowest BCUT2D eigenvalue weighted by Gasteiger charge is -2.09. The number of carbonyl (C=O) groups excluding carboxylic acids is 2. The molecule has 1 N–H and O–H groups in total. The minimum absolute atomic E-state index is 0.00415. The molecule has 1 atom stereocenters. The Morgan fingerprint density at radius 1 is 1.47 bits per heavy atom. The third-order valence-corrected chi connectivity index (χ3v) is 2.98. The molecule has 106 valence electrons. The predicted molar refractivity (Wildman–Crippen MR) is 70.7 cm³/mol. The Bertz CT molecular complexity index is 450. The zero-order chi connectivity index (χ0) is 14.4. The topological polar surface area (TPSA) is 68.5 Å². The highest BCUT2D eigenvalue weighted by atomic mass is 16.5. The SMILES string of the molecule is CCCC(C)C(=O)NCc1cc(C(=O)OC)c(C)o1. The Hall–Kier alpha value is -1.78. The fourth-order valence-corrected chi connectivity index (χ4v) is 1.86. The van der Waals surface area contributed by atoms with Gasteiger partial charge in [-0.1, -0.05) is 20.3 Å². The lowest BCUT2D eigenvalue weighted by atomic mass is 10.1. The van der Waals surface area contributed by atoms with Gasteiger partial charge in [0.15, 0.2) is 0 Å². The maximum atomic E-state index is 11.7. The molecule has 1 heterocycles. The Kier molecular flexibility index (Phi) is 5.60. The van der Waals surface area contributed by atoms with Gasteiger partial charge in [-0.15, -0.1) is 0 Å². The van der Waals surface area contributed by atoms with Crippen LogP contribution in [0.3, 0.4) is 0 Å². The number of esters is 1. The summed E-state index contributed by atoms with van der Waals surface area (Å²) in [7, 11) is 1.32. The van der Waals surface area contributed by atoms with Crippen molar-refractivity contribution in [1.29, 1.82) is 0 Å². The molecule has 0 spiro atoms. The molecule has 5 heteroatoms. The van der Waals surface area contributed by atoms with Crippen LogP contribution in [0, 0.1) is 12.8 Å². The smallest absolute Gasteiger partial charge is 0.341 e. The molecule has 1 unspecified atom stereocenters. The number of methoxy groups -OCH3 is 1. The molecule has 1 aromatic heterocycles. The largest absolute Gasteiger partial charge is 0.465 e. The van der Waals surface area contributed by atoms with Crippen molar-refractivity contribution in [2.24, 2.45) is 5.92 Å². The Morgan fingerprint density at radius 2 is 2.16 bits per heavy atom. The van der Waals surface area contributed by atoms with Crippen LogP contribution in [0.2, 0.25) is 0 Å². The van der Waals surface area contributed by atoms with E-state index in [4.69, 9.17) is 4.42 Å². The number of amides is 1. The van der Waals surface area contributed by atoms with E-state index in [1.165, 1.54) is 7.11 Å². The number of furan rings is 1. The van der Waals surface area contributed by atoms with Gasteiger partial charge in [-0.2, -0.15) is 0 Å². The van der Waals surface area contributed by atoms with Crippen LogP contribution in [0.25, 0.3) is 0 Å². The van der Waals surface area contributed by atoms with Crippen LogP contribution >= 0.6 is 0 Å². The fourth-order valence-electron chi connectivity index (χ4n) is 1.86. The molecule has 0 aromatic carbocycles. The average molecular weight is 267 g/mol. The van der Waals surface area contributed by atoms with Crippen molar-refractivity contribution in [3.05, 3.63) is 23.2 Å². The van der Waals surface area contributed by atoms with E-state index in [2.05, 4.69) is 10.1 Å². The number of carbonyl (C=O) groups is 2. The van der Waals surface area contributed by atoms with Gasteiger partial charge in [-0.3, -0.25) is 4.79 Å². The van der Waals surface area contributed by atoms with Crippen LogP contribution in [0.1, 0.15) is 48.6 Å². The Morgan fingerprint density at radius 3 is 2.74 bits per heavy atom. The van der Waals surface area contributed by atoms with Gasteiger partial charge in [-0.05, 0) is 19.4 Å². The van der Waals surface area contributed by atoms with Crippen molar-refractivity contribution in [2.45, 2.75) is 40.2 Å². The standard InChI is InChI=1S/C14H21NO4/c1-5-6-9(2)13(16)15-8-11-7-12(10(3)19-11)14(17)18-4/h7,9H,5-6,8H2,1-4H3,(H,15,16). The van der Waals surface area contributed by atoms with E-state index in [1.54, 1.807) is 13.0 Å². The van der Waals surface area contributed by atoms with Crippen LogP contribution in [-0.4, -0.2) is 19.0 Å². The number of aryl methyl sites for hydroxylation is 1. The molecule has 0 aliphatic heterocycles. The first-order valence-corrected chi connectivity index (χ1v) is 6.44. The highest BCUT2D eigenvalue weighted by Crippen LogP contribution is 2.15. The third-order valence-electron chi connectivity index (χ3n) is 2.98. The molecule has 0 bridgehead atoms. The van der Waals surface area contributed by atoms with Gasteiger partial charge in [-0.25, -0.2) is 4.79 Å². The second-order valence-corrected chi connectivity index (χ2v) is 4.58. The first kappa shape index (κ1) is 15.3. The highest BCUT2D eigenvalue weighted by molar-refractivity contribution is 5.90. The molecular formula is C14H21NO4. The predicted octanol–water partition coefficient (Wildman–Crippen LogP) is 2.43. The summed E-state index contributed by atoms with van der Waals surface area (Å²) in [4.78, 5) is 23.2. The van der Waals surface area contributed by atoms with Gasteiger partial charge < -0.3 is 14.5 Å². The summed E-state index contributed by atoms with van der Waals surface area (Å²) in [6.07, 6.45) is 1.83. The molecule has 0 saturated heterocycles. The van der Waals surface area contributed by atoms with Crippen LogP contribution in [0.4, 0.5) is 0 Å². The zero-order valence-corrected chi connectivity index (χ0v) is 11.9. The number of ether oxygens (including phenoxy) is 1. The van der Waals surface area contributed by atoms with E-state index in [9.17, 15) is 9.59 Å². The highest BCUT2D eigenvalue weighted by Gasteiger charge is 2.16. The van der Waals surface area contributed by atoms with Crippen LogP contribution in [-0.2, 0) is 16.1 Å². The summed E-state index contributed by atoms with van der Waals surface area (Å²) in [5.74, 6) is 0.600. The normalized spacial score (nSPS) is 12.0. The van der Waals surface area contributed by atoms with Gasteiger partial charge in [0.2, 0.25) is 5.91 Å². The van der Waals surface area contributed by atoms with Crippen LogP contribution < -0.4 is 5.32 Å². The molecular weight excluding hydrogens is 246 g/mol. The molecule has 1 amide bonds. The van der Waals surface area contributed by atoms with Crippen LogP contribution in [0.5, 0.6) is 0 Å². The monoisotopic (exact) mass is 267 g/mol. The Labute approximate surface area is 113 Å². The van der Waals surface area contributed by atoms with Crippen molar-refractivity contribution >= 4 is 11.9 Å². The molecule has 0 fully saturated rings. The molecule has 0 radical (unpaired) electrons. The lowest BCUT2D eigenvalue weighted by Crippen LogP contribution is -2.28. The number of hydrogen-bond donors (Lipinski definition) is 1. The molecule has 0 aliphatic carbocycles. The fraction of sp³-hybridized carbons (Fsp3) is 0.571. The molecule has 0 aliphatic rings. The van der Waals surface area contributed by atoms with E-state index in [-0.39, 0.29) is 18.4 Å². The van der Waals surface area contributed by atoms with E-state index < -0.39 is 5.97 Å². The summed E-state index contributed by atoms with van der Waals surface area (Å²) >= 11 is 0. The summed E-state index contributed by atoms with van der Waals surface area (Å²) in [5.41, 5.74) is 0.397. The van der Waals surface area contributed by atoms with E-state index >= 15 is 0 Å². The van der Waals surface area contributed by atoms with Gasteiger partial charge >= 0.3 is 5.97 Å². The molecule has 5 nitrogen and oxygen atoms in total. The number of hydrogen-bond acceptors (Lipinski definition) is 4. The molecule has 1 rings (SSSR count). The third kappa shape index (κ3) is 4.12. The molecule has 19 heavy (non-hydrogen) atoms. The van der Waals surface area contributed by atoms with E-state index in [0.29, 0.717) is 17.1 Å². The van der Waals surface area contributed by atoms with Crippen molar-refractivity contribution in [2.75, 3.05) is 7.11 Å². The summed E-state index contributed by atoms with van der Waals surface area (Å²) in [5, 5.41) is 2.80. The van der Waals surface area contributed by atoms with E-state index in [1.807, 2.05) is 13.8 Å². The zero-order valence-electron chi connectivity index (χ0n) is 11.9. The van der Waals surface area contributed by atoms with Crippen molar-refractivity contribution in [3.8, 4) is 0 Å². The first-order valence-electron chi connectivity index (χ1n) is 6.44. The van der Waals surface area contributed by atoms with Crippen LogP contribution in [0.15, 0.2) is 10.5 Å². The average Bonchev–Trinajstić information content (AvgIpc) is 2.76. The quantitative estimate of drug-likeness (QED) is 0.804. The molecule has 1 aromatic rings. The van der Waals surface area contributed by atoms with Crippen molar-refractivity contribution in [3.63, 3.8) is 0 Å². The summed E-state index contributed by atoms with van der Waals surface area (Å²) < 4.78 is 10.1. The van der Waals surface area contributed by atoms with Crippen molar-refractivity contribution in [1.82, 2.24) is 5.32 Å². The van der Waals surface area contributed by atoms with Gasteiger partial charge in [0.25, 0.3) is 0 Å². The van der Waals surface area contributed by atoms with Crippen molar-refractivity contribution < 1.29 is 18.7 Å². The second kappa shape index (κ2) is 6.97.